The van der Waals surface area contributed by atoms with Gasteiger partial charge in [0.05, 0.1) is 26.9 Å². The van der Waals surface area contributed by atoms with Crippen LogP contribution in [0.15, 0.2) is 45.9 Å². The summed E-state index contributed by atoms with van der Waals surface area (Å²) in [4.78, 5) is 33.8. The fourth-order valence-corrected chi connectivity index (χ4v) is 3.72. The van der Waals surface area contributed by atoms with Crippen LogP contribution < -0.4 is 30.5 Å². The highest BCUT2D eigenvalue weighted by atomic mass is 16.5. The van der Waals surface area contributed by atoms with Gasteiger partial charge in [0, 0.05) is 49.5 Å². The minimum Gasteiger partial charge on any atom is -0.507 e. The number of rotatable bonds is 11. The van der Waals surface area contributed by atoms with Gasteiger partial charge in [-0.15, -0.1) is 0 Å². The van der Waals surface area contributed by atoms with Gasteiger partial charge >= 0.3 is 5.63 Å². The Balaban J connectivity index is 1.90. The molecule has 2 heterocycles. The SMILES string of the molecule is COc1ccc([C@@H](CC(=O)NCCNc2ncccn2)c2c(O)cc(C)oc2=O)c(OC)c1OC. The summed E-state index contributed by atoms with van der Waals surface area (Å²) in [5.74, 6) is 0.119. The highest BCUT2D eigenvalue weighted by molar-refractivity contribution is 5.78. The highest BCUT2D eigenvalue weighted by Crippen LogP contribution is 2.45. The van der Waals surface area contributed by atoms with Gasteiger partial charge in [0.25, 0.3) is 0 Å². The van der Waals surface area contributed by atoms with Crippen molar-refractivity contribution in [2.75, 3.05) is 39.7 Å². The summed E-state index contributed by atoms with van der Waals surface area (Å²) in [6.07, 6.45) is 3.04. The van der Waals surface area contributed by atoms with Crippen LogP contribution in [0.3, 0.4) is 0 Å². The van der Waals surface area contributed by atoms with Gasteiger partial charge in [-0.2, -0.15) is 0 Å². The molecule has 0 aliphatic heterocycles. The van der Waals surface area contributed by atoms with Crippen molar-refractivity contribution < 1.29 is 28.5 Å². The summed E-state index contributed by atoms with van der Waals surface area (Å²) < 4.78 is 21.6. The molecule has 1 aromatic carbocycles. The molecule has 0 saturated heterocycles. The number of carbonyl (C=O) groups excluding carboxylic acids is 1. The molecule has 0 spiro atoms. The maximum absolute atomic E-state index is 12.9. The molecule has 186 valence electrons. The molecule has 0 aliphatic rings. The smallest absolute Gasteiger partial charge is 0.343 e. The summed E-state index contributed by atoms with van der Waals surface area (Å²) in [5, 5.41) is 16.4. The lowest BCUT2D eigenvalue weighted by molar-refractivity contribution is -0.121. The Morgan fingerprint density at radius 2 is 1.80 bits per heavy atom. The first kappa shape index (κ1) is 25.3. The molecule has 11 heteroatoms. The van der Waals surface area contributed by atoms with Crippen LogP contribution in [0.25, 0.3) is 0 Å². The van der Waals surface area contributed by atoms with Crippen LogP contribution in [0, 0.1) is 6.92 Å². The molecule has 35 heavy (non-hydrogen) atoms. The molecule has 1 amide bonds. The topological polar surface area (TPSA) is 145 Å². The summed E-state index contributed by atoms with van der Waals surface area (Å²) >= 11 is 0. The second kappa shape index (κ2) is 11.7. The number of ether oxygens (including phenoxy) is 3. The van der Waals surface area contributed by atoms with Crippen molar-refractivity contribution in [3.63, 3.8) is 0 Å². The van der Waals surface area contributed by atoms with E-state index in [1.165, 1.54) is 27.4 Å². The third kappa shape index (κ3) is 5.99. The number of aromatic nitrogens is 2. The first-order chi connectivity index (χ1) is 16.9. The van der Waals surface area contributed by atoms with Gasteiger partial charge in [0.15, 0.2) is 11.5 Å². The molecule has 0 aliphatic carbocycles. The molecule has 2 aromatic heterocycles. The van der Waals surface area contributed by atoms with Gasteiger partial charge in [0.2, 0.25) is 17.6 Å². The van der Waals surface area contributed by atoms with Gasteiger partial charge in [-0.05, 0) is 19.1 Å². The fourth-order valence-electron chi connectivity index (χ4n) is 3.72. The Morgan fingerprint density at radius 3 is 2.43 bits per heavy atom. The van der Waals surface area contributed by atoms with Crippen molar-refractivity contribution in [1.29, 1.82) is 0 Å². The first-order valence-corrected chi connectivity index (χ1v) is 10.8. The average Bonchev–Trinajstić information content (AvgIpc) is 2.85. The maximum Gasteiger partial charge on any atom is 0.343 e. The van der Waals surface area contributed by atoms with Crippen molar-refractivity contribution in [3.05, 3.63) is 64.0 Å². The van der Waals surface area contributed by atoms with E-state index in [1.807, 2.05) is 0 Å². The molecule has 0 fully saturated rings. The first-order valence-electron chi connectivity index (χ1n) is 10.8. The predicted octanol–water partition coefficient (Wildman–Crippen LogP) is 2.22. The number of aromatic hydroxyl groups is 1. The second-order valence-corrected chi connectivity index (χ2v) is 7.47. The number of hydrogen-bond donors (Lipinski definition) is 3. The van der Waals surface area contributed by atoms with Crippen LogP contribution in [0.1, 0.15) is 29.2 Å². The number of carbonyl (C=O) groups is 1. The van der Waals surface area contributed by atoms with Crippen LogP contribution in [0.2, 0.25) is 0 Å². The minimum atomic E-state index is -0.896. The van der Waals surface area contributed by atoms with Gasteiger partial charge in [0.1, 0.15) is 11.5 Å². The van der Waals surface area contributed by atoms with E-state index in [4.69, 9.17) is 18.6 Å². The van der Waals surface area contributed by atoms with Crippen molar-refractivity contribution in [2.45, 2.75) is 19.3 Å². The van der Waals surface area contributed by atoms with Crippen molar-refractivity contribution >= 4 is 11.9 Å². The summed E-state index contributed by atoms with van der Waals surface area (Å²) in [7, 11) is 4.37. The van der Waals surface area contributed by atoms with E-state index in [-0.39, 0.29) is 41.7 Å². The molecule has 11 nitrogen and oxygen atoms in total. The maximum atomic E-state index is 12.9. The van der Waals surface area contributed by atoms with E-state index in [0.717, 1.165) is 0 Å². The number of nitrogens with zero attached hydrogens (tertiary/aromatic N) is 2. The number of hydrogen-bond acceptors (Lipinski definition) is 10. The van der Waals surface area contributed by atoms with E-state index in [2.05, 4.69) is 20.6 Å². The lowest BCUT2D eigenvalue weighted by Crippen LogP contribution is -2.31. The van der Waals surface area contributed by atoms with E-state index < -0.39 is 11.5 Å². The van der Waals surface area contributed by atoms with E-state index in [1.54, 1.807) is 37.5 Å². The van der Waals surface area contributed by atoms with Gasteiger partial charge < -0.3 is 34.4 Å². The van der Waals surface area contributed by atoms with Gasteiger partial charge in [-0.3, -0.25) is 4.79 Å². The second-order valence-electron chi connectivity index (χ2n) is 7.47. The van der Waals surface area contributed by atoms with Crippen LogP contribution in [-0.2, 0) is 4.79 Å². The summed E-state index contributed by atoms with van der Waals surface area (Å²) in [6, 6.07) is 6.33. The Labute approximate surface area is 202 Å². The summed E-state index contributed by atoms with van der Waals surface area (Å²) in [6.45, 7) is 2.21. The third-order valence-corrected chi connectivity index (χ3v) is 5.23. The molecule has 1 atom stereocenters. The highest BCUT2D eigenvalue weighted by Gasteiger charge is 2.30. The van der Waals surface area contributed by atoms with E-state index >= 15 is 0 Å². The minimum absolute atomic E-state index is 0.0629. The van der Waals surface area contributed by atoms with Crippen LogP contribution in [-0.4, -0.2) is 55.4 Å². The number of aryl methyl sites for hydroxylation is 1. The molecular weight excluding hydrogens is 456 g/mol. The Morgan fingerprint density at radius 1 is 1.09 bits per heavy atom. The zero-order chi connectivity index (χ0) is 25.4. The number of nitrogens with one attached hydrogen (secondary N) is 2. The third-order valence-electron chi connectivity index (χ3n) is 5.23. The van der Waals surface area contributed by atoms with Crippen molar-refractivity contribution in [3.8, 4) is 23.0 Å². The number of anilines is 1. The predicted molar refractivity (Wildman–Crippen MR) is 127 cm³/mol. The molecule has 0 radical (unpaired) electrons. The Bertz CT molecular complexity index is 1210. The summed E-state index contributed by atoms with van der Waals surface area (Å²) in [5.41, 5.74) is -0.366. The van der Waals surface area contributed by atoms with Crippen molar-refractivity contribution in [2.24, 2.45) is 0 Å². The Kier molecular flexibility index (Phi) is 8.49. The number of amides is 1. The van der Waals surface area contributed by atoms with Gasteiger partial charge in [-0.25, -0.2) is 14.8 Å². The van der Waals surface area contributed by atoms with Crippen LogP contribution in [0.4, 0.5) is 5.95 Å². The Hall–Kier alpha value is -4.28. The molecule has 0 unspecified atom stereocenters. The average molecular weight is 485 g/mol. The fraction of sp³-hybridized carbons (Fsp3) is 0.333. The molecule has 3 aromatic rings. The zero-order valence-corrected chi connectivity index (χ0v) is 20.0. The van der Waals surface area contributed by atoms with Crippen molar-refractivity contribution in [1.82, 2.24) is 15.3 Å². The van der Waals surface area contributed by atoms with E-state index in [0.29, 0.717) is 29.6 Å². The molecular formula is C24H28N4O7. The normalized spacial score (nSPS) is 11.4. The monoisotopic (exact) mass is 484 g/mol. The van der Waals surface area contributed by atoms with Gasteiger partial charge in [-0.1, -0.05) is 6.07 Å². The largest absolute Gasteiger partial charge is 0.507 e. The lowest BCUT2D eigenvalue weighted by Gasteiger charge is -2.22. The number of methoxy groups -OCH3 is 3. The number of benzene rings is 1. The zero-order valence-electron chi connectivity index (χ0n) is 20.0. The molecule has 0 bridgehead atoms. The van der Waals surface area contributed by atoms with Crippen LogP contribution in [0.5, 0.6) is 23.0 Å². The molecule has 3 rings (SSSR count). The quantitative estimate of drug-likeness (QED) is 0.346. The van der Waals surface area contributed by atoms with E-state index in [9.17, 15) is 14.7 Å². The molecule has 3 N–H and O–H groups in total. The standard InChI is InChI=1S/C24H28N4O7/c1-14-12-17(29)20(23(31)35-14)16(15-6-7-18(32-2)22(34-4)21(15)33-3)13-19(30)25-10-11-28-24-26-8-5-9-27-24/h5-9,12,16,29H,10-11,13H2,1-4H3,(H,25,30)(H,26,27,28)/t16-/m1/s1. The van der Waals surface area contributed by atoms with Crippen LogP contribution >= 0.6 is 0 Å². The lowest BCUT2D eigenvalue weighted by atomic mass is 9.87. The molecule has 0 saturated carbocycles.